The number of nitrogens with zero attached hydrogens (tertiary/aromatic N) is 1. The van der Waals surface area contributed by atoms with Crippen LogP contribution in [-0.2, 0) is 4.75 Å². The van der Waals surface area contributed by atoms with Crippen molar-refractivity contribution < 1.29 is 0 Å². The molecule has 1 aromatic rings. The van der Waals surface area contributed by atoms with Crippen LogP contribution in [-0.4, -0.2) is 24.2 Å². The van der Waals surface area contributed by atoms with E-state index in [0.29, 0.717) is 0 Å². The Balaban J connectivity index is 1.86. The van der Waals surface area contributed by atoms with E-state index in [2.05, 4.69) is 48.8 Å². The van der Waals surface area contributed by atoms with Crippen molar-refractivity contribution in [3.8, 4) is 0 Å². The normalized spacial score (nSPS) is 30.9. The monoisotopic (exact) mass is 246 g/mol. The first-order valence-electron chi connectivity index (χ1n) is 6.25. The summed E-state index contributed by atoms with van der Waals surface area (Å²) in [6.07, 6.45) is 4.46. The second kappa shape index (κ2) is 4.14. The fourth-order valence-corrected chi connectivity index (χ4v) is 4.30. The summed E-state index contributed by atoms with van der Waals surface area (Å²) in [4.78, 5) is 4.99. The molecule has 1 fully saturated rings. The summed E-state index contributed by atoms with van der Waals surface area (Å²) < 4.78 is 0.0542. The number of nitrogens with one attached hydrogen (secondary N) is 1. The summed E-state index contributed by atoms with van der Waals surface area (Å²) >= 11 is 2.03. The van der Waals surface area contributed by atoms with E-state index in [1.165, 1.54) is 5.56 Å². The summed E-state index contributed by atoms with van der Waals surface area (Å²) in [5.74, 6) is 0. The van der Waals surface area contributed by atoms with Crippen LogP contribution in [0, 0.1) is 0 Å². The molecule has 0 aromatic heterocycles. The standard InChI is InChI=1S/C14H18N2S/c1-13(12-5-3-2-4-6-12)11-16-14(17-13)7-9-15-10-8-14/h2-6,11,15H,7-10H2,1H3. The van der Waals surface area contributed by atoms with Crippen LogP contribution in [0.4, 0.5) is 0 Å². The van der Waals surface area contributed by atoms with Gasteiger partial charge in [-0.05, 0) is 38.4 Å². The number of benzene rings is 1. The van der Waals surface area contributed by atoms with Gasteiger partial charge in [0.25, 0.3) is 0 Å². The molecule has 17 heavy (non-hydrogen) atoms. The first-order chi connectivity index (χ1) is 8.23. The zero-order valence-corrected chi connectivity index (χ0v) is 11.0. The fraction of sp³-hybridized carbons (Fsp3) is 0.500. The minimum Gasteiger partial charge on any atom is -0.316 e. The van der Waals surface area contributed by atoms with Crippen LogP contribution in [0.2, 0.25) is 0 Å². The van der Waals surface area contributed by atoms with Crippen molar-refractivity contribution >= 4 is 18.0 Å². The Bertz CT molecular complexity index is 423. The second-order valence-corrected chi connectivity index (χ2v) is 6.84. The molecule has 2 nitrogen and oxygen atoms in total. The van der Waals surface area contributed by atoms with Crippen LogP contribution < -0.4 is 5.32 Å². The third-order valence-electron chi connectivity index (χ3n) is 3.68. The molecule has 2 aliphatic rings. The molecule has 1 aromatic carbocycles. The van der Waals surface area contributed by atoms with Gasteiger partial charge in [-0.1, -0.05) is 30.3 Å². The largest absolute Gasteiger partial charge is 0.316 e. The molecule has 1 atom stereocenters. The second-order valence-electron chi connectivity index (χ2n) is 5.03. The topological polar surface area (TPSA) is 24.4 Å². The van der Waals surface area contributed by atoms with E-state index in [1.54, 1.807) is 0 Å². The minimum absolute atomic E-state index is 0.0542. The Morgan fingerprint density at radius 1 is 1.18 bits per heavy atom. The average molecular weight is 246 g/mol. The van der Waals surface area contributed by atoms with E-state index in [9.17, 15) is 0 Å². The Labute approximate surface area is 107 Å². The van der Waals surface area contributed by atoms with Crippen molar-refractivity contribution in [1.29, 1.82) is 0 Å². The predicted octanol–water partition coefficient (Wildman–Crippen LogP) is 2.80. The van der Waals surface area contributed by atoms with Gasteiger partial charge in [0.1, 0.15) is 4.87 Å². The summed E-state index contributed by atoms with van der Waals surface area (Å²) in [7, 11) is 0. The lowest BCUT2D eigenvalue weighted by Crippen LogP contribution is -2.37. The maximum Gasteiger partial charge on any atom is 0.109 e. The third-order valence-corrected chi connectivity index (χ3v) is 5.34. The zero-order valence-electron chi connectivity index (χ0n) is 10.1. The molecule has 0 saturated carbocycles. The van der Waals surface area contributed by atoms with Crippen LogP contribution >= 0.6 is 11.8 Å². The molecule has 3 rings (SSSR count). The van der Waals surface area contributed by atoms with Crippen molar-refractivity contribution in [3.63, 3.8) is 0 Å². The molecule has 0 aliphatic carbocycles. The summed E-state index contributed by atoms with van der Waals surface area (Å²) in [5.41, 5.74) is 1.36. The third kappa shape index (κ3) is 2.02. The molecule has 1 saturated heterocycles. The molecular weight excluding hydrogens is 228 g/mol. The smallest absolute Gasteiger partial charge is 0.109 e. The molecule has 0 amide bonds. The van der Waals surface area contributed by atoms with Crippen molar-refractivity contribution in [1.82, 2.24) is 5.32 Å². The van der Waals surface area contributed by atoms with Gasteiger partial charge in [0.05, 0.1) is 4.75 Å². The highest BCUT2D eigenvalue weighted by molar-refractivity contribution is 8.02. The van der Waals surface area contributed by atoms with Gasteiger partial charge >= 0.3 is 0 Å². The van der Waals surface area contributed by atoms with Gasteiger partial charge < -0.3 is 5.32 Å². The van der Waals surface area contributed by atoms with E-state index >= 15 is 0 Å². The van der Waals surface area contributed by atoms with Gasteiger partial charge in [0, 0.05) is 6.21 Å². The Morgan fingerprint density at radius 2 is 1.88 bits per heavy atom. The van der Waals surface area contributed by atoms with Crippen molar-refractivity contribution in [2.75, 3.05) is 13.1 Å². The lowest BCUT2D eigenvalue weighted by atomic mass is 10.0. The number of hydrogen-bond acceptors (Lipinski definition) is 3. The molecule has 2 heterocycles. The molecule has 90 valence electrons. The number of hydrogen-bond donors (Lipinski definition) is 1. The van der Waals surface area contributed by atoms with Gasteiger partial charge in [-0.15, -0.1) is 11.8 Å². The van der Waals surface area contributed by atoms with Gasteiger partial charge in [0.15, 0.2) is 0 Å². The number of thioether (sulfide) groups is 1. The van der Waals surface area contributed by atoms with Crippen molar-refractivity contribution in [3.05, 3.63) is 35.9 Å². The van der Waals surface area contributed by atoms with E-state index < -0.39 is 0 Å². The van der Waals surface area contributed by atoms with E-state index in [1.807, 2.05) is 11.8 Å². The van der Waals surface area contributed by atoms with E-state index in [0.717, 1.165) is 25.9 Å². The van der Waals surface area contributed by atoms with Gasteiger partial charge in [0.2, 0.25) is 0 Å². The van der Waals surface area contributed by atoms with Crippen LogP contribution in [0.15, 0.2) is 35.3 Å². The highest BCUT2D eigenvalue weighted by Gasteiger charge is 2.44. The predicted molar refractivity (Wildman–Crippen MR) is 74.7 cm³/mol. The highest BCUT2D eigenvalue weighted by atomic mass is 32.2. The first kappa shape index (κ1) is 11.3. The van der Waals surface area contributed by atoms with Gasteiger partial charge in [-0.3, -0.25) is 4.99 Å². The molecule has 2 aliphatic heterocycles. The quantitative estimate of drug-likeness (QED) is 0.824. The lowest BCUT2D eigenvalue weighted by Gasteiger charge is -2.33. The fourth-order valence-electron chi connectivity index (χ4n) is 2.64. The Morgan fingerprint density at radius 3 is 2.59 bits per heavy atom. The van der Waals surface area contributed by atoms with Crippen LogP contribution in [0.3, 0.4) is 0 Å². The Hall–Kier alpha value is -0.800. The molecule has 1 N–H and O–H groups in total. The summed E-state index contributed by atoms with van der Waals surface area (Å²) in [6, 6.07) is 10.7. The number of rotatable bonds is 1. The van der Waals surface area contributed by atoms with Crippen LogP contribution in [0.5, 0.6) is 0 Å². The van der Waals surface area contributed by atoms with Gasteiger partial charge in [-0.25, -0.2) is 0 Å². The molecule has 3 heteroatoms. The van der Waals surface area contributed by atoms with Crippen molar-refractivity contribution in [2.45, 2.75) is 29.4 Å². The molecule has 1 unspecified atom stereocenters. The maximum atomic E-state index is 4.85. The summed E-state index contributed by atoms with van der Waals surface area (Å²) in [6.45, 7) is 4.47. The lowest BCUT2D eigenvalue weighted by molar-refractivity contribution is 0.429. The summed E-state index contributed by atoms with van der Waals surface area (Å²) in [5, 5.41) is 3.42. The SMILES string of the molecule is CC1(c2ccccc2)C=NC2(CCNCC2)S1. The first-order valence-corrected chi connectivity index (χ1v) is 7.07. The van der Waals surface area contributed by atoms with E-state index in [-0.39, 0.29) is 9.62 Å². The highest BCUT2D eigenvalue weighted by Crippen LogP contribution is 2.52. The minimum atomic E-state index is 0.0542. The zero-order chi connectivity index (χ0) is 11.8. The van der Waals surface area contributed by atoms with E-state index in [4.69, 9.17) is 4.99 Å². The van der Waals surface area contributed by atoms with Crippen LogP contribution in [0.1, 0.15) is 25.3 Å². The van der Waals surface area contributed by atoms with Crippen molar-refractivity contribution in [2.24, 2.45) is 4.99 Å². The number of aliphatic imine (C=N–C) groups is 1. The maximum absolute atomic E-state index is 4.85. The Kier molecular flexibility index (Phi) is 2.75. The average Bonchev–Trinajstić information content (AvgIpc) is 2.70. The van der Waals surface area contributed by atoms with Gasteiger partial charge in [-0.2, -0.15) is 0 Å². The number of piperidine rings is 1. The molecular formula is C14H18N2S. The van der Waals surface area contributed by atoms with Crippen LogP contribution in [0.25, 0.3) is 0 Å². The molecule has 1 spiro atoms. The molecule has 0 bridgehead atoms. The molecule has 0 radical (unpaired) electrons.